The normalized spacial score (nSPS) is 27.6. The maximum absolute atomic E-state index is 10.8. The average Bonchev–Trinajstić information content (AvgIpc) is 2.13. The van der Waals surface area contributed by atoms with Crippen LogP contribution in [-0.4, -0.2) is 37.5 Å². The van der Waals surface area contributed by atoms with Gasteiger partial charge in [-0.3, -0.25) is 4.79 Å². The first kappa shape index (κ1) is 6.55. The number of hydrogen-bond acceptors (Lipinski definition) is 2. The summed E-state index contributed by atoms with van der Waals surface area (Å²) in [6.07, 6.45) is 0.660. The summed E-state index contributed by atoms with van der Waals surface area (Å²) in [5, 5.41) is 3.06. The summed E-state index contributed by atoms with van der Waals surface area (Å²) in [7, 11) is 3.72. The Labute approximate surface area is 55.0 Å². The third-order valence-corrected chi connectivity index (χ3v) is 1.75. The molecule has 0 spiro atoms. The van der Waals surface area contributed by atoms with E-state index in [-0.39, 0.29) is 5.91 Å². The minimum atomic E-state index is 0.245. The Hall–Kier alpha value is -0.570. The Kier molecular flexibility index (Phi) is 1.71. The highest BCUT2D eigenvalue weighted by molar-refractivity contribution is 5.78. The Morgan fingerprint density at radius 3 is 2.67 bits per heavy atom. The monoisotopic (exact) mass is 128 g/mol. The van der Waals surface area contributed by atoms with E-state index in [9.17, 15) is 4.79 Å². The van der Waals surface area contributed by atoms with Crippen LogP contribution in [0, 0.1) is 0 Å². The van der Waals surface area contributed by atoms with Crippen LogP contribution in [0.5, 0.6) is 0 Å². The van der Waals surface area contributed by atoms with Gasteiger partial charge in [-0.05, 0) is 7.05 Å². The van der Waals surface area contributed by atoms with E-state index in [1.165, 1.54) is 0 Å². The van der Waals surface area contributed by atoms with Crippen molar-refractivity contribution in [3.8, 4) is 0 Å². The van der Waals surface area contributed by atoms with Crippen molar-refractivity contribution < 1.29 is 4.79 Å². The summed E-state index contributed by atoms with van der Waals surface area (Å²) in [6.45, 7) is 0.856. The van der Waals surface area contributed by atoms with E-state index in [0.717, 1.165) is 6.54 Å². The molecule has 0 radical (unpaired) electrons. The van der Waals surface area contributed by atoms with Gasteiger partial charge >= 0.3 is 0 Å². The second-order valence-corrected chi connectivity index (χ2v) is 2.46. The van der Waals surface area contributed by atoms with E-state index in [1.54, 1.807) is 4.90 Å². The summed E-state index contributed by atoms with van der Waals surface area (Å²) in [4.78, 5) is 12.6. The molecule has 1 heterocycles. The molecule has 0 saturated carbocycles. The lowest BCUT2D eigenvalue weighted by Gasteiger charge is -2.07. The van der Waals surface area contributed by atoms with E-state index < -0.39 is 0 Å². The van der Waals surface area contributed by atoms with Gasteiger partial charge < -0.3 is 10.2 Å². The predicted molar refractivity (Wildman–Crippen MR) is 35.1 cm³/mol. The van der Waals surface area contributed by atoms with Crippen molar-refractivity contribution in [2.45, 2.75) is 12.5 Å². The number of hydrogen-bond donors (Lipinski definition) is 1. The smallest absolute Gasteiger partial charge is 0.224 e. The zero-order valence-corrected chi connectivity index (χ0v) is 5.85. The van der Waals surface area contributed by atoms with Crippen LogP contribution in [0.3, 0.4) is 0 Å². The average molecular weight is 128 g/mol. The highest BCUT2D eigenvalue weighted by Crippen LogP contribution is 2.06. The molecule has 1 fully saturated rings. The van der Waals surface area contributed by atoms with E-state index in [1.807, 2.05) is 14.1 Å². The van der Waals surface area contributed by atoms with Crippen LogP contribution in [0.2, 0.25) is 0 Å². The van der Waals surface area contributed by atoms with Crippen molar-refractivity contribution >= 4 is 5.91 Å². The van der Waals surface area contributed by atoms with Gasteiger partial charge in [0.1, 0.15) is 0 Å². The van der Waals surface area contributed by atoms with Gasteiger partial charge in [-0.1, -0.05) is 0 Å². The zero-order chi connectivity index (χ0) is 6.85. The van der Waals surface area contributed by atoms with Crippen LogP contribution in [0.1, 0.15) is 6.42 Å². The van der Waals surface area contributed by atoms with Crippen LogP contribution < -0.4 is 5.32 Å². The first-order valence-electron chi connectivity index (χ1n) is 3.15. The molecule has 3 nitrogen and oxygen atoms in total. The molecule has 1 aliphatic heterocycles. The molecule has 1 unspecified atom stereocenters. The summed E-state index contributed by atoms with van der Waals surface area (Å²) in [5.74, 6) is 0.245. The predicted octanol–water partition coefficient (Wildman–Crippen LogP) is -0.563. The molecule has 1 saturated heterocycles. The van der Waals surface area contributed by atoms with Crippen LogP contribution in [0.25, 0.3) is 0 Å². The number of carbonyl (C=O) groups is 1. The fraction of sp³-hybridized carbons (Fsp3) is 0.833. The molecule has 0 aliphatic carbocycles. The molecule has 0 aromatic carbocycles. The topological polar surface area (TPSA) is 32.3 Å². The van der Waals surface area contributed by atoms with Gasteiger partial charge in [0, 0.05) is 26.1 Å². The standard InChI is InChI=1S/C6H12N2O/c1-7-5-3-6(9)8(2)4-5/h5,7H,3-4H2,1-2H3. The van der Waals surface area contributed by atoms with Gasteiger partial charge in [0.15, 0.2) is 0 Å². The lowest BCUT2D eigenvalue weighted by Crippen LogP contribution is -2.27. The van der Waals surface area contributed by atoms with Gasteiger partial charge in [-0.15, -0.1) is 0 Å². The summed E-state index contributed by atoms with van der Waals surface area (Å²) >= 11 is 0. The van der Waals surface area contributed by atoms with E-state index in [2.05, 4.69) is 5.32 Å². The van der Waals surface area contributed by atoms with Crippen molar-refractivity contribution in [3.63, 3.8) is 0 Å². The minimum Gasteiger partial charge on any atom is -0.344 e. The lowest BCUT2D eigenvalue weighted by atomic mass is 10.3. The molecule has 0 bridgehead atoms. The molecular weight excluding hydrogens is 116 g/mol. The number of likely N-dealkylation sites (tertiary alicyclic amines) is 1. The quantitative estimate of drug-likeness (QED) is 0.513. The molecule has 1 N–H and O–H groups in total. The minimum absolute atomic E-state index is 0.245. The molecule has 52 valence electrons. The van der Waals surface area contributed by atoms with Crippen LogP contribution in [0.15, 0.2) is 0 Å². The summed E-state index contributed by atoms with van der Waals surface area (Å²) in [6, 6.07) is 0.377. The third-order valence-electron chi connectivity index (χ3n) is 1.75. The first-order chi connectivity index (χ1) is 4.24. The van der Waals surface area contributed by atoms with Crippen molar-refractivity contribution in [1.29, 1.82) is 0 Å². The fourth-order valence-electron chi connectivity index (χ4n) is 1.06. The molecule has 9 heavy (non-hydrogen) atoms. The molecule has 0 aromatic rings. The number of nitrogens with zero attached hydrogens (tertiary/aromatic N) is 1. The highest BCUT2D eigenvalue weighted by Gasteiger charge is 2.24. The third kappa shape index (κ3) is 1.21. The summed E-state index contributed by atoms with van der Waals surface area (Å²) in [5.41, 5.74) is 0. The molecule has 1 aliphatic rings. The van der Waals surface area contributed by atoms with Gasteiger partial charge in [0.2, 0.25) is 5.91 Å². The largest absolute Gasteiger partial charge is 0.344 e. The van der Waals surface area contributed by atoms with Crippen molar-refractivity contribution in [1.82, 2.24) is 10.2 Å². The number of likely N-dealkylation sites (N-methyl/N-ethyl adjacent to an activating group) is 2. The molecular formula is C6H12N2O. The van der Waals surface area contributed by atoms with Gasteiger partial charge in [0.25, 0.3) is 0 Å². The van der Waals surface area contributed by atoms with Crippen LogP contribution >= 0.6 is 0 Å². The first-order valence-corrected chi connectivity index (χ1v) is 3.15. The van der Waals surface area contributed by atoms with E-state index in [4.69, 9.17) is 0 Å². The van der Waals surface area contributed by atoms with Gasteiger partial charge in [-0.25, -0.2) is 0 Å². The number of rotatable bonds is 1. The Morgan fingerprint density at radius 1 is 1.78 bits per heavy atom. The van der Waals surface area contributed by atoms with Gasteiger partial charge in [0.05, 0.1) is 0 Å². The maximum atomic E-state index is 10.8. The number of carbonyl (C=O) groups excluding carboxylic acids is 1. The molecule has 3 heteroatoms. The Balaban J connectivity index is 2.44. The molecule has 1 atom stereocenters. The van der Waals surface area contributed by atoms with Gasteiger partial charge in [-0.2, -0.15) is 0 Å². The van der Waals surface area contributed by atoms with Crippen molar-refractivity contribution in [2.75, 3.05) is 20.6 Å². The number of nitrogens with one attached hydrogen (secondary N) is 1. The summed E-state index contributed by atoms with van der Waals surface area (Å²) < 4.78 is 0. The van der Waals surface area contributed by atoms with Crippen molar-refractivity contribution in [3.05, 3.63) is 0 Å². The molecule has 1 rings (SSSR count). The fourth-order valence-corrected chi connectivity index (χ4v) is 1.06. The van der Waals surface area contributed by atoms with E-state index >= 15 is 0 Å². The Bertz CT molecular complexity index is 124. The second-order valence-electron chi connectivity index (χ2n) is 2.46. The molecule has 0 aromatic heterocycles. The lowest BCUT2D eigenvalue weighted by molar-refractivity contribution is -0.126. The Morgan fingerprint density at radius 2 is 2.44 bits per heavy atom. The zero-order valence-electron chi connectivity index (χ0n) is 5.85. The maximum Gasteiger partial charge on any atom is 0.224 e. The number of amides is 1. The highest BCUT2D eigenvalue weighted by atomic mass is 16.2. The van der Waals surface area contributed by atoms with E-state index in [0.29, 0.717) is 12.5 Å². The van der Waals surface area contributed by atoms with Crippen LogP contribution in [0.4, 0.5) is 0 Å². The molecule has 1 amide bonds. The van der Waals surface area contributed by atoms with Crippen LogP contribution in [-0.2, 0) is 4.79 Å². The SMILES string of the molecule is CNC1CC(=O)N(C)C1. The second kappa shape index (κ2) is 2.35. The van der Waals surface area contributed by atoms with Crippen molar-refractivity contribution in [2.24, 2.45) is 0 Å².